The van der Waals surface area contributed by atoms with E-state index in [2.05, 4.69) is 12.6 Å². The highest BCUT2D eigenvalue weighted by Gasteiger charge is 2.25. The molecule has 40 heavy (non-hydrogen) atoms. The fraction of sp³-hybridized carbons (Fsp3) is 0.250. The minimum Gasteiger partial charge on any atom is -0.440 e. The van der Waals surface area contributed by atoms with Gasteiger partial charge in [-0.2, -0.15) is 5.26 Å². The van der Waals surface area contributed by atoms with E-state index in [1.54, 1.807) is 26.2 Å². The van der Waals surface area contributed by atoms with Crippen LogP contribution in [-0.2, 0) is 14.3 Å². The number of esters is 1. The van der Waals surface area contributed by atoms with Crippen molar-refractivity contribution in [3.63, 3.8) is 0 Å². The molecular formula is C32H33N5O3. The summed E-state index contributed by atoms with van der Waals surface area (Å²) in [6, 6.07) is 18.4. The second-order valence-corrected chi connectivity index (χ2v) is 9.84. The van der Waals surface area contributed by atoms with Crippen molar-refractivity contribution in [2.45, 2.75) is 39.5 Å². The number of amides is 1. The van der Waals surface area contributed by atoms with E-state index in [-0.39, 0.29) is 11.8 Å². The van der Waals surface area contributed by atoms with E-state index in [0.717, 1.165) is 39.7 Å². The lowest BCUT2D eigenvalue weighted by molar-refractivity contribution is -0.155. The van der Waals surface area contributed by atoms with E-state index in [4.69, 9.17) is 15.5 Å². The number of hydrogen-bond acceptors (Lipinski definition) is 6. The molecule has 0 aliphatic heterocycles. The minimum atomic E-state index is -0.723. The van der Waals surface area contributed by atoms with E-state index in [1.165, 1.54) is 11.0 Å². The lowest BCUT2D eigenvalue weighted by Crippen LogP contribution is -2.38. The Morgan fingerprint density at radius 1 is 1.15 bits per heavy atom. The van der Waals surface area contributed by atoms with E-state index in [0.29, 0.717) is 11.2 Å². The summed E-state index contributed by atoms with van der Waals surface area (Å²) >= 11 is 0. The van der Waals surface area contributed by atoms with Gasteiger partial charge in [0, 0.05) is 41.6 Å². The van der Waals surface area contributed by atoms with Gasteiger partial charge in [-0.1, -0.05) is 51.1 Å². The molecule has 0 bridgehead atoms. The zero-order chi connectivity index (χ0) is 29.0. The van der Waals surface area contributed by atoms with E-state index in [1.807, 2.05) is 73.1 Å². The van der Waals surface area contributed by atoms with E-state index >= 15 is 0 Å². The van der Waals surface area contributed by atoms with Crippen LogP contribution in [0.1, 0.15) is 39.0 Å². The SMILES string of the molecule is C=CC(=O)N(C)c1cccc(-c2cnc3c(c2)c(-c2cccc(C#N)c2)cn3C(C)OC(=O)[C@@H](N)[C@@H](C)CC)c1. The van der Waals surface area contributed by atoms with Crippen molar-refractivity contribution in [2.75, 3.05) is 11.9 Å². The molecule has 2 N–H and O–H groups in total. The highest BCUT2D eigenvalue weighted by Crippen LogP contribution is 2.35. The third kappa shape index (κ3) is 5.65. The molecule has 2 aromatic heterocycles. The van der Waals surface area contributed by atoms with Gasteiger partial charge in [-0.25, -0.2) is 4.98 Å². The van der Waals surface area contributed by atoms with Crippen LogP contribution in [0, 0.1) is 17.2 Å². The monoisotopic (exact) mass is 535 g/mol. The first kappa shape index (κ1) is 28.3. The summed E-state index contributed by atoms with van der Waals surface area (Å²) in [7, 11) is 1.70. The summed E-state index contributed by atoms with van der Waals surface area (Å²) in [5.74, 6) is -0.690. The summed E-state index contributed by atoms with van der Waals surface area (Å²) in [4.78, 5) is 31.2. The minimum absolute atomic E-state index is 0.0114. The summed E-state index contributed by atoms with van der Waals surface area (Å²) in [5.41, 5.74) is 11.4. The molecule has 8 heteroatoms. The van der Waals surface area contributed by atoms with Crippen LogP contribution in [0.2, 0.25) is 0 Å². The largest absolute Gasteiger partial charge is 0.440 e. The highest BCUT2D eigenvalue weighted by atomic mass is 16.6. The third-order valence-corrected chi connectivity index (χ3v) is 7.25. The Morgan fingerprint density at radius 3 is 2.58 bits per heavy atom. The molecule has 2 heterocycles. The van der Waals surface area contributed by atoms with Crippen LogP contribution >= 0.6 is 0 Å². The Hall–Kier alpha value is -4.74. The van der Waals surface area contributed by atoms with Gasteiger partial charge in [-0.05, 0) is 60.4 Å². The molecule has 4 aromatic rings. The Kier molecular flexibility index (Phi) is 8.46. The number of aromatic nitrogens is 2. The molecule has 204 valence electrons. The van der Waals surface area contributed by atoms with Crippen LogP contribution in [0.3, 0.4) is 0 Å². The standard InChI is InChI=1S/C32H33N5O3/c1-6-20(3)30(34)32(39)40-21(4)37-19-28(24-12-8-10-22(14-24)17-33)27-16-25(18-35-31(27)37)23-11-9-13-26(15-23)36(5)29(38)7-2/h7-16,18-21,30H,2,6,34H2,1,3-5H3/t20-,21?,30-/m0/s1. The molecule has 0 spiro atoms. The number of hydrogen-bond donors (Lipinski definition) is 1. The van der Waals surface area contributed by atoms with Crippen molar-refractivity contribution in [1.29, 1.82) is 5.26 Å². The first-order valence-electron chi connectivity index (χ1n) is 13.2. The molecule has 8 nitrogen and oxygen atoms in total. The second-order valence-electron chi connectivity index (χ2n) is 9.84. The third-order valence-electron chi connectivity index (χ3n) is 7.25. The van der Waals surface area contributed by atoms with Gasteiger partial charge in [0.1, 0.15) is 11.7 Å². The zero-order valence-corrected chi connectivity index (χ0v) is 23.2. The fourth-order valence-corrected chi connectivity index (χ4v) is 4.50. The van der Waals surface area contributed by atoms with Crippen LogP contribution in [0.15, 0.2) is 79.6 Å². The number of ether oxygens (including phenoxy) is 1. The Labute approximate surface area is 234 Å². The Morgan fingerprint density at radius 2 is 1.88 bits per heavy atom. The highest BCUT2D eigenvalue weighted by molar-refractivity contribution is 6.01. The zero-order valence-electron chi connectivity index (χ0n) is 23.2. The maximum atomic E-state index is 12.8. The molecule has 1 unspecified atom stereocenters. The number of anilines is 1. The number of carbonyl (C=O) groups is 2. The Bertz CT molecular complexity index is 1620. The molecule has 0 saturated carbocycles. The van der Waals surface area contributed by atoms with Crippen molar-refractivity contribution in [1.82, 2.24) is 9.55 Å². The number of rotatable bonds is 9. The van der Waals surface area contributed by atoms with Gasteiger partial charge in [0.05, 0.1) is 11.6 Å². The molecular weight excluding hydrogens is 502 g/mol. The van der Waals surface area contributed by atoms with Crippen LogP contribution < -0.4 is 10.6 Å². The predicted molar refractivity (Wildman–Crippen MR) is 157 cm³/mol. The molecule has 0 fully saturated rings. The summed E-state index contributed by atoms with van der Waals surface area (Å²) in [6.45, 7) is 9.25. The fourth-order valence-electron chi connectivity index (χ4n) is 4.50. The van der Waals surface area contributed by atoms with Gasteiger partial charge >= 0.3 is 5.97 Å². The average molecular weight is 536 g/mol. The lowest BCUT2D eigenvalue weighted by atomic mass is 10.0. The van der Waals surface area contributed by atoms with Crippen LogP contribution in [0.25, 0.3) is 33.3 Å². The quantitative estimate of drug-likeness (QED) is 0.213. The average Bonchev–Trinajstić information content (AvgIpc) is 3.38. The second kappa shape index (κ2) is 12.0. The first-order valence-corrected chi connectivity index (χ1v) is 13.2. The van der Waals surface area contributed by atoms with Crippen molar-refractivity contribution >= 4 is 28.6 Å². The summed E-state index contributed by atoms with van der Waals surface area (Å²) in [6.07, 6.45) is 5.01. The normalized spacial score (nSPS) is 13.2. The van der Waals surface area contributed by atoms with E-state index < -0.39 is 18.2 Å². The van der Waals surface area contributed by atoms with Crippen molar-refractivity contribution < 1.29 is 14.3 Å². The number of fused-ring (bicyclic) bond motifs is 1. The molecule has 4 rings (SSSR count). The molecule has 0 aliphatic carbocycles. The van der Waals surface area contributed by atoms with Crippen molar-refractivity contribution in [3.8, 4) is 28.3 Å². The number of pyridine rings is 1. The number of nitriles is 1. The van der Waals surface area contributed by atoms with Gasteiger partial charge in [-0.15, -0.1) is 0 Å². The maximum Gasteiger partial charge on any atom is 0.325 e. The molecule has 2 aromatic carbocycles. The molecule has 1 amide bonds. The topological polar surface area (TPSA) is 114 Å². The van der Waals surface area contributed by atoms with Crippen LogP contribution in [0.5, 0.6) is 0 Å². The summed E-state index contributed by atoms with van der Waals surface area (Å²) < 4.78 is 7.58. The number of likely N-dealkylation sites (N-methyl/N-ethyl adjacent to an activating group) is 1. The number of nitrogens with zero attached hydrogens (tertiary/aromatic N) is 4. The van der Waals surface area contributed by atoms with Gasteiger partial charge < -0.3 is 15.4 Å². The van der Waals surface area contributed by atoms with E-state index in [9.17, 15) is 14.9 Å². The molecule has 0 aliphatic rings. The van der Waals surface area contributed by atoms with Crippen molar-refractivity contribution in [2.24, 2.45) is 11.7 Å². The Balaban J connectivity index is 1.82. The van der Waals surface area contributed by atoms with Crippen LogP contribution in [-0.4, -0.2) is 34.5 Å². The van der Waals surface area contributed by atoms with Crippen molar-refractivity contribution in [3.05, 3.63) is 85.2 Å². The van der Waals surface area contributed by atoms with Gasteiger partial charge in [0.2, 0.25) is 5.91 Å². The smallest absolute Gasteiger partial charge is 0.325 e. The first-order chi connectivity index (χ1) is 19.2. The number of carbonyl (C=O) groups excluding carboxylic acids is 2. The van der Waals surface area contributed by atoms with Crippen LogP contribution in [0.4, 0.5) is 5.69 Å². The maximum absolute atomic E-state index is 12.8. The molecule has 0 saturated heterocycles. The number of benzene rings is 2. The van der Waals surface area contributed by atoms with Gasteiger partial charge in [0.25, 0.3) is 0 Å². The molecule has 3 atom stereocenters. The molecule has 0 radical (unpaired) electrons. The lowest BCUT2D eigenvalue weighted by Gasteiger charge is -2.21. The van der Waals surface area contributed by atoms with Gasteiger partial charge in [0.15, 0.2) is 6.23 Å². The summed E-state index contributed by atoms with van der Waals surface area (Å²) in [5, 5.41) is 10.3. The van der Waals surface area contributed by atoms with Gasteiger partial charge in [-0.3, -0.25) is 14.2 Å². The number of nitrogens with two attached hydrogens (primary N) is 1. The predicted octanol–water partition coefficient (Wildman–Crippen LogP) is 5.83.